The molecule has 2 unspecified atom stereocenters. The van der Waals surface area contributed by atoms with Gasteiger partial charge in [0.1, 0.15) is 0 Å². The lowest BCUT2D eigenvalue weighted by atomic mass is 9.92. The molecule has 0 aromatic carbocycles. The molecule has 1 heterocycles. The lowest BCUT2D eigenvalue weighted by Gasteiger charge is -2.20. The lowest BCUT2D eigenvalue weighted by Crippen LogP contribution is -2.25. The molecule has 3 heteroatoms. The first-order valence-electron chi connectivity index (χ1n) is 8.82. The average molecular weight is 296 g/mol. The monoisotopic (exact) mass is 296 g/mol. The molecule has 2 atom stereocenters. The molecule has 0 spiro atoms. The van der Waals surface area contributed by atoms with Crippen LogP contribution >= 0.6 is 0 Å². The lowest BCUT2D eigenvalue weighted by molar-refractivity contribution is -0.127. The van der Waals surface area contributed by atoms with Gasteiger partial charge in [-0.05, 0) is 62.9 Å². The maximum absolute atomic E-state index is 11.2. The summed E-state index contributed by atoms with van der Waals surface area (Å²) in [6.45, 7) is 13.5. The Morgan fingerprint density at radius 3 is 2.62 bits per heavy atom. The molecule has 1 rings (SSSR count). The normalized spacial score (nSPS) is 21.0. The second-order valence-electron chi connectivity index (χ2n) is 7.56. The van der Waals surface area contributed by atoms with Crippen LogP contribution in [0, 0.1) is 17.8 Å². The third kappa shape index (κ3) is 7.85. The Morgan fingerprint density at radius 2 is 2.00 bits per heavy atom. The molecule has 21 heavy (non-hydrogen) atoms. The molecule has 0 bridgehead atoms. The number of rotatable bonds is 9. The van der Waals surface area contributed by atoms with Crippen LogP contribution in [0.5, 0.6) is 0 Å². The zero-order valence-corrected chi connectivity index (χ0v) is 14.9. The predicted molar refractivity (Wildman–Crippen MR) is 90.3 cm³/mol. The van der Waals surface area contributed by atoms with Crippen LogP contribution in [0.1, 0.15) is 59.8 Å². The van der Waals surface area contributed by atoms with E-state index >= 15 is 0 Å². The Hall–Kier alpha value is -0.570. The highest BCUT2D eigenvalue weighted by molar-refractivity contribution is 5.72. The van der Waals surface area contributed by atoms with Gasteiger partial charge in [0.2, 0.25) is 5.91 Å². The van der Waals surface area contributed by atoms with Gasteiger partial charge < -0.3 is 9.80 Å². The van der Waals surface area contributed by atoms with E-state index in [4.69, 9.17) is 0 Å². The molecule has 1 aliphatic heterocycles. The van der Waals surface area contributed by atoms with Crippen molar-refractivity contribution >= 4 is 5.91 Å². The third-order valence-corrected chi connectivity index (χ3v) is 4.86. The molecule has 0 aromatic rings. The van der Waals surface area contributed by atoms with E-state index < -0.39 is 0 Å². The highest BCUT2D eigenvalue weighted by Crippen LogP contribution is 2.26. The Kier molecular flexibility index (Phi) is 8.31. The summed E-state index contributed by atoms with van der Waals surface area (Å²) in [4.78, 5) is 15.6. The van der Waals surface area contributed by atoms with Crippen molar-refractivity contribution in [3.05, 3.63) is 0 Å². The Balaban J connectivity index is 2.12. The molecule has 3 nitrogen and oxygen atoms in total. The third-order valence-electron chi connectivity index (χ3n) is 4.86. The van der Waals surface area contributed by atoms with Gasteiger partial charge in [0.15, 0.2) is 0 Å². The van der Waals surface area contributed by atoms with E-state index in [0.717, 1.165) is 30.7 Å². The first-order valence-corrected chi connectivity index (χ1v) is 8.82. The predicted octanol–water partition coefficient (Wildman–Crippen LogP) is 3.64. The van der Waals surface area contributed by atoms with Gasteiger partial charge in [-0.25, -0.2) is 0 Å². The highest BCUT2D eigenvalue weighted by Gasteiger charge is 2.23. The fourth-order valence-electron chi connectivity index (χ4n) is 3.27. The van der Waals surface area contributed by atoms with E-state index in [1.165, 1.54) is 45.3 Å². The van der Waals surface area contributed by atoms with Crippen molar-refractivity contribution in [3.63, 3.8) is 0 Å². The van der Waals surface area contributed by atoms with Crippen molar-refractivity contribution < 1.29 is 4.79 Å². The van der Waals surface area contributed by atoms with Gasteiger partial charge in [0.05, 0.1) is 0 Å². The average Bonchev–Trinajstić information content (AvgIpc) is 2.83. The molecule has 1 saturated heterocycles. The zero-order chi connectivity index (χ0) is 15.8. The molecular weight excluding hydrogens is 260 g/mol. The maximum Gasteiger partial charge on any atom is 0.219 e. The first kappa shape index (κ1) is 18.5. The van der Waals surface area contributed by atoms with E-state index in [0.29, 0.717) is 0 Å². The van der Waals surface area contributed by atoms with Crippen LogP contribution in [0.4, 0.5) is 0 Å². The molecule has 0 aliphatic carbocycles. The highest BCUT2D eigenvalue weighted by atomic mass is 16.2. The smallest absolute Gasteiger partial charge is 0.219 e. The van der Waals surface area contributed by atoms with Gasteiger partial charge in [-0.2, -0.15) is 0 Å². The van der Waals surface area contributed by atoms with Crippen LogP contribution in [-0.2, 0) is 4.79 Å². The van der Waals surface area contributed by atoms with Gasteiger partial charge in [0.25, 0.3) is 0 Å². The van der Waals surface area contributed by atoms with Crippen molar-refractivity contribution in [2.24, 2.45) is 17.8 Å². The fraction of sp³-hybridized carbons (Fsp3) is 0.944. The molecule has 0 radical (unpaired) electrons. The van der Waals surface area contributed by atoms with E-state index in [9.17, 15) is 4.79 Å². The van der Waals surface area contributed by atoms with Crippen LogP contribution < -0.4 is 0 Å². The largest absolute Gasteiger partial charge is 0.346 e. The Bertz CT molecular complexity index is 304. The van der Waals surface area contributed by atoms with E-state index in [2.05, 4.69) is 25.7 Å². The second kappa shape index (κ2) is 9.45. The molecular formula is C18H36N2O. The van der Waals surface area contributed by atoms with E-state index in [-0.39, 0.29) is 5.91 Å². The molecule has 1 fully saturated rings. The van der Waals surface area contributed by atoms with Gasteiger partial charge >= 0.3 is 0 Å². The van der Waals surface area contributed by atoms with Crippen molar-refractivity contribution in [1.29, 1.82) is 0 Å². The Morgan fingerprint density at radius 1 is 1.29 bits per heavy atom. The van der Waals surface area contributed by atoms with Crippen LogP contribution in [0.3, 0.4) is 0 Å². The standard InChI is InChI=1S/C18H36N2O/c1-15(2)8-11-20-12-9-18(14-20)13-16(3)7-6-10-19(5)17(4)21/h15-16,18H,6-14H2,1-5H3. The number of amides is 1. The van der Waals surface area contributed by atoms with Gasteiger partial charge in [-0.1, -0.05) is 20.8 Å². The van der Waals surface area contributed by atoms with Crippen LogP contribution in [0.15, 0.2) is 0 Å². The molecule has 124 valence electrons. The summed E-state index contributed by atoms with van der Waals surface area (Å²) >= 11 is 0. The van der Waals surface area contributed by atoms with Crippen molar-refractivity contribution in [2.45, 2.75) is 59.8 Å². The maximum atomic E-state index is 11.2. The van der Waals surface area contributed by atoms with E-state index in [1.807, 2.05) is 11.9 Å². The summed E-state index contributed by atoms with van der Waals surface area (Å²) in [6, 6.07) is 0. The van der Waals surface area contributed by atoms with Crippen molar-refractivity contribution in [2.75, 3.05) is 33.2 Å². The summed E-state index contributed by atoms with van der Waals surface area (Å²) < 4.78 is 0. The number of carbonyl (C=O) groups excluding carboxylic acids is 1. The number of nitrogens with zero attached hydrogens (tertiary/aromatic N) is 2. The minimum atomic E-state index is 0.180. The van der Waals surface area contributed by atoms with Gasteiger partial charge in [-0.15, -0.1) is 0 Å². The summed E-state index contributed by atoms with van der Waals surface area (Å²) in [7, 11) is 1.90. The first-order chi connectivity index (χ1) is 9.88. The van der Waals surface area contributed by atoms with Crippen LogP contribution in [0.25, 0.3) is 0 Å². The fourth-order valence-corrected chi connectivity index (χ4v) is 3.27. The number of carbonyl (C=O) groups is 1. The van der Waals surface area contributed by atoms with Crippen LogP contribution in [0.2, 0.25) is 0 Å². The summed E-state index contributed by atoms with van der Waals surface area (Å²) in [5.41, 5.74) is 0. The molecule has 0 N–H and O–H groups in total. The van der Waals surface area contributed by atoms with Gasteiger partial charge in [0, 0.05) is 27.1 Å². The second-order valence-corrected chi connectivity index (χ2v) is 7.56. The molecule has 0 aromatic heterocycles. The number of likely N-dealkylation sites (tertiary alicyclic amines) is 1. The van der Waals surface area contributed by atoms with Crippen LogP contribution in [-0.4, -0.2) is 48.9 Å². The summed E-state index contributed by atoms with van der Waals surface area (Å²) in [5, 5.41) is 0. The topological polar surface area (TPSA) is 23.6 Å². The zero-order valence-electron chi connectivity index (χ0n) is 14.9. The summed E-state index contributed by atoms with van der Waals surface area (Å²) in [5.74, 6) is 2.69. The number of hydrogen-bond donors (Lipinski definition) is 0. The van der Waals surface area contributed by atoms with E-state index in [1.54, 1.807) is 6.92 Å². The minimum Gasteiger partial charge on any atom is -0.346 e. The number of hydrogen-bond acceptors (Lipinski definition) is 2. The van der Waals surface area contributed by atoms with Crippen molar-refractivity contribution in [3.8, 4) is 0 Å². The molecule has 0 saturated carbocycles. The molecule has 1 aliphatic rings. The summed E-state index contributed by atoms with van der Waals surface area (Å²) in [6.07, 6.45) is 6.47. The Labute approximate surface area is 132 Å². The van der Waals surface area contributed by atoms with Crippen molar-refractivity contribution in [1.82, 2.24) is 9.80 Å². The SMILES string of the molecule is CC(=O)N(C)CCCC(C)CC1CCN(CCC(C)C)C1. The van der Waals surface area contributed by atoms with Gasteiger partial charge in [-0.3, -0.25) is 4.79 Å². The minimum absolute atomic E-state index is 0.180. The molecule has 1 amide bonds. The quantitative estimate of drug-likeness (QED) is 0.648.